The van der Waals surface area contributed by atoms with Gasteiger partial charge in [-0.25, -0.2) is 9.67 Å². The molecule has 0 aliphatic carbocycles. The van der Waals surface area contributed by atoms with Gasteiger partial charge in [-0.2, -0.15) is 5.10 Å². The summed E-state index contributed by atoms with van der Waals surface area (Å²) >= 11 is 0. The highest BCUT2D eigenvalue weighted by atomic mass is 16.3. The third kappa shape index (κ3) is 3.87. The molecule has 2 N–H and O–H groups in total. The molecule has 0 atom stereocenters. The molecule has 0 saturated carbocycles. The van der Waals surface area contributed by atoms with Crippen molar-refractivity contribution in [3.63, 3.8) is 0 Å². The number of hydrogen-bond donors (Lipinski definition) is 2. The zero-order chi connectivity index (χ0) is 13.5. The SMILES string of the molecule is CCCn1ncnc1CNCc1ccc(CO)cc1. The first-order chi connectivity index (χ1) is 9.33. The van der Waals surface area contributed by atoms with Gasteiger partial charge in [-0.15, -0.1) is 0 Å². The number of aryl methyl sites for hydroxylation is 1. The highest BCUT2D eigenvalue weighted by Crippen LogP contribution is 2.04. The summed E-state index contributed by atoms with van der Waals surface area (Å²) in [6.45, 7) is 4.62. The van der Waals surface area contributed by atoms with Crippen LogP contribution in [0.2, 0.25) is 0 Å². The second kappa shape index (κ2) is 7.01. The zero-order valence-electron chi connectivity index (χ0n) is 11.2. The minimum Gasteiger partial charge on any atom is -0.392 e. The zero-order valence-corrected chi connectivity index (χ0v) is 11.2. The molecule has 1 aromatic carbocycles. The first-order valence-corrected chi connectivity index (χ1v) is 6.59. The Morgan fingerprint density at radius 3 is 2.58 bits per heavy atom. The van der Waals surface area contributed by atoms with E-state index in [0.717, 1.165) is 30.9 Å². The summed E-state index contributed by atoms with van der Waals surface area (Å²) in [7, 11) is 0. The molecule has 0 unspecified atom stereocenters. The fraction of sp³-hybridized carbons (Fsp3) is 0.429. The lowest BCUT2D eigenvalue weighted by Gasteiger charge is -2.07. The molecule has 19 heavy (non-hydrogen) atoms. The third-order valence-electron chi connectivity index (χ3n) is 2.95. The number of nitrogens with zero attached hydrogens (tertiary/aromatic N) is 3. The van der Waals surface area contributed by atoms with Crippen molar-refractivity contribution in [1.29, 1.82) is 0 Å². The molecular weight excluding hydrogens is 240 g/mol. The van der Waals surface area contributed by atoms with Crippen molar-refractivity contribution in [2.24, 2.45) is 0 Å². The van der Waals surface area contributed by atoms with E-state index in [1.54, 1.807) is 6.33 Å². The minimum atomic E-state index is 0.0911. The highest BCUT2D eigenvalue weighted by molar-refractivity contribution is 5.21. The van der Waals surface area contributed by atoms with Gasteiger partial charge in [-0.1, -0.05) is 31.2 Å². The molecule has 102 valence electrons. The lowest BCUT2D eigenvalue weighted by Crippen LogP contribution is -2.17. The van der Waals surface area contributed by atoms with E-state index in [4.69, 9.17) is 5.11 Å². The fourth-order valence-corrected chi connectivity index (χ4v) is 1.90. The maximum atomic E-state index is 8.98. The second-order valence-electron chi connectivity index (χ2n) is 4.48. The quantitative estimate of drug-likeness (QED) is 0.791. The van der Waals surface area contributed by atoms with Gasteiger partial charge in [0.05, 0.1) is 13.2 Å². The molecule has 0 amide bonds. The van der Waals surface area contributed by atoms with Crippen LogP contribution in [0.4, 0.5) is 0 Å². The van der Waals surface area contributed by atoms with E-state index in [1.807, 2.05) is 28.9 Å². The molecule has 0 aliphatic rings. The monoisotopic (exact) mass is 260 g/mol. The Morgan fingerprint density at radius 2 is 1.89 bits per heavy atom. The smallest absolute Gasteiger partial charge is 0.140 e. The molecule has 1 aromatic heterocycles. The van der Waals surface area contributed by atoms with Gasteiger partial charge in [-0.05, 0) is 17.5 Å². The summed E-state index contributed by atoms with van der Waals surface area (Å²) in [4.78, 5) is 4.25. The van der Waals surface area contributed by atoms with Gasteiger partial charge in [-0.3, -0.25) is 0 Å². The fourth-order valence-electron chi connectivity index (χ4n) is 1.90. The molecule has 0 radical (unpaired) electrons. The molecule has 2 aromatic rings. The van der Waals surface area contributed by atoms with Crippen molar-refractivity contribution >= 4 is 0 Å². The van der Waals surface area contributed by atoms with Gasteiger partial charge in [0.15, 0.2) is 0 Å². The Bertz CT molecular complexity index is 492. The second-order valence-corrected chi connectivity index (χ2v) is 4.48. The summed E-state index contributed by atoms with van der Waals surface area (Å²) in [6.07, 6.45) is 2.65. The van der Waals surface area contributed by atoms with Crippen LogP contribution in [0.15, 0.2) is 30.6 Å². The van der Waals surface area contributed by atoms with Crippen LogP contribution in [-0.2, 0) is 26.2 Å². The van der Waals surface area contributed by atoms with Crippen LogP contribution in [0.25, 0.3) is 0 Å². The minimum absolute atomic E-state index is 0.0911. The van der Waals surface area contributed by atoms with E-state index < -0.39 is 0 Å². The normalized spacial score (nSPS) is 10.8. The molecule has 0 saturated heterocycles. The van der Waals surface area contributed by atoms with Crippen molar-refractivity contribution in [3.05, 3.63) is 47.5 Å². The molecule has 0 spiro atoms. The van der Waals surface area contributed by atoms with Crippen molar-refractivity contribution < 1.29 is 5.11 Å². The van der Waals surface area contributed by atoms with Crippen LogP contribution >= 0.6 is 0 Å². The van der Waals surface area contributed by atoms with Crippen LogP contribution in [0.1, 0.15) is 30.3 Å². The number of aliphatic hydroxyl groups excluding tert-OH is 1. The van der Waals surface area contributed by atoms with Crippen molar-refractivity contribution in [3.8, 4) is 0 Å². The van der Waals surface area contributed by atoms with Crippen LogP contribution in [0.3, 0.4) is 0 Å². The largest absolute Gasteiger partial charge is 0.392 e. The molecule has 0 bridgehead atoms. The Labute approximate surface area is 113 Å². The molecule has 5 heteroatoms. The average Bonchev–Trinajstić information content (AvgIpc) is 2.88. The van der Waals surface area contributed by atoms with Crippen LogP contribution in [0, 0.1) is 0 Å². The summed E-state index contributed by atoms with van der Waals surface area (Å²) < 4.78 is 1.93. The predicted octanol–water partition coefficient (Wildman–Crippen LogP) is 1.47. The van der Waals surface area contributed by atoms with E-state index in [0.29, 0.717) is 6.54 Å². The molecule has 0 fully saturated rings. The van der Waals surface area contributed by atoms with Crippen molar-refractivity contribution in [2.75, 3.05) is 0 Å². The van der Waals surface area contributed by atoms with E-state index in [9.17, 15) is 0 Å². The maximum absolute atomic E-state index is 8.98. The topological polar surface area (TPSA) is 63.0 Å². The molecule has 0 aliphatic heterocycles. The standard InChI is InChI=1S/C14H20N4O/c1-2-7-18-14(16-11-17-18)9-15-8-12-3-5-13(10-19)6-4-12/h3-6,11,15,19H,2,7-10H2,1H3. The highest BCUT2D eigenvalue weighted by Gasteiger charge is 2.02. The Balaban J connectivity index is 1.83. The first-order valence-electron chi connectivity index (χ1n) is 6.59. The molecule has 5 nitrogen and oxygen atoms in total. The van der Waals surface area contributed by atoms with Gasteiger partial charge >= 0.3 is 0 Å². The molecule has 2 rings (SSSR count). The average molecular weight is 260 g/mol. The first kappa shape index (κ1) is 13.7. The van der Waals surface area contributed by atoms with E-state index in [1.165, 1.54) is 5.56 Å². The Hall–Kier alpha value is -1.72. The van der Waals surface area contributed by atoms with E-state index >= 15 is 0 Å². The van der Waals surface area contributed by atoms with Crippen molar-refractivity contribution in [2.45, 2.75) is 39.6 Å². The maximum Gasteiger partial charge on any atom is 0.140 e. The van der Waals surface area contributed by atoms with Crippen LogP contribution in [0.5, 0.6) is 0 Å². The Morgan fingerprint density at radius 1 is 1.16 bits per heavy atom. The Kier molecular flexibility index (Phi) is 5.06. The van der Waals surface area contributed by atoms with Crippen LogP contribution < -0.4 is 5.32 Å². The number of aromatic nitrogens is 3. The predicted molar refractivity (Wildman–Crippen MR) is 73.2 cm³/mol. The summed E-state index contributed by atoms with van der Waals surface area (Å²) in [5.74, 6) is 0.967. The van der Waals surface area contributed by atoms with E-state index in [2.05, 4.69) is 22.3 Å². The number of nitrogens with one attached hydrogen (secondary N) is 1. The van der Waals surface area contributed by atoms with E-state index in [-0.39, 0.29) is 6.61 Å². The third-order valence-corrected chi connectivity index (χ3v) is 2.95. The summed E-state index contributed by atoms with van der Waals surface area (Å²) in [5.41, 5.74) is 2.13. The molecular formula is C14H20N4O. The number of aliphatic hydroxyl groups is 1. The lowest BCUT2D eigenvalue weighted by molar-refractivity contribution is 0.282. The van der Waals surface area contributed by atoms with Crippen LogP contribution in [-0.4, -0.2) is 19.9 Å². The molecule has 1 heterocycles. The van der Waals surface area contributed by atoms with Crippen molar-refractivity contribution in [1.82, 2.24) is 20.1 Å². The summed E-state index contributed by atoms with van der Waals surface area (Å²) in [5, 5.41) is 16.5. The number of benzene rings is 1. The summed E-state index contributed by atoms with van der Waals surface area (Å²) in [6, 6.07) is 7.93. The number of hydrogen-bond acceptors (Lipinski definition) is 4. The lowest BCUT2D eigenvalue weighted by atomic mass is 10.1. The van der Waals surface area contributed by atoms with Gasteiger partial charge in [0, 0.05) is 13.1 Å². The van der Waals surface area contributed by atoms with Gasteiger partial charge in [0.25, 0.3) is 0 Å². The number of rotatable bonds is 7. The van der Waals surface area contributed by atoms with Gasteiger partial charge in [0.1, 0.15) is 12.2 Å². The van der Waals surface area contributed by atoms with Gasteiger partial charge < -0.3 is 10.4 Å². The van der Waals surface area contributed by atoms with Gasteiger partial charge in [0.2, 0.25) is 0 Å².